The van der Waals surface area contributed by atoms with Gasteiger partial charge >= 0.3 is 6.03 Å². The van der Waals surface area contributed by atoms with Crippen molar-refractivity contribution in [3.63, 3.8) is 0 Å². The SMILES string of the molecule is CC(C)n1nc(C(=O)NCc2ccc(NC(=O)N(C)C)cc2)c2c1CCN(c1ccc(C3COC3)cn1)C2. The molecule has 2 aliphatic rings. The van der Waals surface area contributed by atoms with Gasteiger partial charge in [-0.15, -0.1) is 0 Å². The van der Waals surface area contributed by atoms with E-state index < -0.39 is 0 Å². The van der Waals surface area contributed by atoms with Crippen molar-refractivity contribution in [3.05, 3.63) is 70.7 Å². The Bertz CT molecular complexity index is 1300. The van der Waals surface area contributed by atoms with Crippen molar-refractivity contribution in [2.75, 3.05) is 44.1 Å². The van der Waals surface area contributed by atoms with Crippen LogP contribution in [0.15, 0.2) is 42.6 Å². The van der Waals surface area contributed by atoms with Gasteiger partial charge in [-0.1, -0.05) is 18.2 Å². The number of carbonyl (C=O) groups excluding carboxylic acids is 2. The van der Waals surface area contributed by atoms with Crippen LogP contribution in [0.4, 0.5) is 16.3 Å². The Morgan fingerprint density at radius 2 is 1.89 bits per heavy atom. The third-order valence-electron chi connectivity index (χ3n) is 7.06. The molecule has 3 amide bonds. The van der Waals surface area contributed by atoms with Gasteiger partial charge in [-0.2, -0.15) is 5.10 Å². The molecule has 38 heavy (non-hydrogen) atoms. The van der Waals surface area contributed by atoms with E-state index in [1.807, 2.05) is 35.1 Å². The Labute approximate surface area is 223 Å². The maximum absolute atomic E-state index is 13.3. The zero-order valence-corrected chi connectivity index (χ0v) is 22.4. The van der Waals surface area contributed by atoms with Gasteiger partial charge in [0.1, 0.15) is 5.82 Å². The predicted octanol–water partition coefficient (Wildman–Crippen LogP) is 3.56. The Morgan fingerprint density at radius 3 is 2.50 bits per heavy atom. The summed E-state index contributed by atoms with van der Waals surface area (Å²) in [7, 11) is 3.38. The molecule has 10 heteroatoms. The first kappa shape index (κ1) is 25.7. The lowest BCUT2D eigenvalue weighted by Crippen LogP contribution is -2.33. The van der Waals surface area contributed by atoms with Crippen molar-refractivity contribution >= 4 is 23.4 Å². The van der Waals surface area contributed by atoms with E-state index in [4.69, 9.17) is 14.8 Å². The molecule has 2 aromatic heterocycles. The molecule has 0 spiro atoms. The molecule has 0 atom stereocenters. The fourth-order valence-electron chi connectivity index (χ4n) is 4.71. The molecule has 1 saturated heterocycles. The third-order valence-corrected chi connectivity index (χ3v) is 7.06. The number of fused-ring (bicyclic) bond motifs is 1. The van der Waals surface area contributed by atoms with Crippen molar-refractivity contribution in [3.8, 4) is 0 Å². The second-order valence-corrected chi connectivity index (χ2v) is 10.4. The first-order chi connectivity index (χ1) is 18.3. The van der Waals surface area contributed by atoms with Crippen molar-refractivity contribution in [1.82, 2.24) is 25.0 Å². The minimum absolute atomic E-state index is 0.156. The Kier molecular flexibility index (Phi) is 7.33. The summed E-state index contributed by atoms with van der Waals surface area (Å²) in [5.41, 5.74) is 5.38. The number of pyridine rings is 1. The summed E-state index contributed by atoms with van der Waals surface area (Å²) < 4.78 is 7.29. The zero-order chi connectivity index (χ0) is 26.8. The van der Waals surface area contributed by atoms with Gasteiger partial charge in [-0.25, -0.2) is 9.78 Å². The molecule has 1 aromatic carbocycles. The number of nitrogens with zero attached hydrogens (tertiary/aromatic N) is 5. The predicted molar refractivity (Wildman–Crippen MR) is 145 cm³/mol. The number of carbonyl (C=O) groups is 2. The van der Waals surface area contributed by atoms with Gasteiger partial charge in [0.05, 0.1) is 13.2 Å². The summed E-state index contributed by atoms with van der Waals surface area (Å²) in [6.07, 6.45) is 2.74. The number of hydrogen-bond donors (Lipinski definition) is 2. The molecule has 0 saturated carbocycles. The van der Waals surface area contributed by atoms with Gasteiger partial charge in [-0.05, 0) is 43.2 Å². The van der Waals surface area contributed by atoms with Crippen LogP contribution in [0.2, 0.25) is 0 Å². The molecule has 2 N–H and O–H groups in total. The molecule has 5 rings (SSSR count). The highest BCUT2D eigenvalue weighted by molar-refractivity contribution is 5.94. The van der Waals surface area contributed by atoms with Crippen molar-refractivity contribution in [2.24, 2.45) is 0 Å². The van der Waals surface area contributed by atoms with Gasteiger partial charge in [0.15, 0.2) is 5.69 Å². The van der Waals surface area contributed by atoms with E-state index in [2.05, 4.69) is 41.5 Å². The second-order valence-electron chi connectivity index (χ2n) is 10.4. The molecule has 0 bridgehead atoms. The topological polar surface area (TPSA) is 105 Å². The van der Waals surface area contributed by atoms with Crippen LogP contribution in [0.1, 0.15) is 58.7 Å². The lowest BCUT2D eigenvalue weighted by Gasteiger charge is -2.30. The van der Waals surface area contributed by atoms with Crippen LogP contribution < -0.4 is 15.5 Å². The van der Waals surface area contributed by atoms with E-state index in [0.717, 1.165) is 48.8 Å². The number of aromatic nitrogens is 3. The van der Waals surface area contributed by atoms with Gasteiger partial charge in [-0.3, -0.25) is 9.48 Å². The van der Waals surface area contributed by atoms with Crippen LogP contribution in [0.5, 0.6) is 0 Å². The number of urea groups is 1. The number of ether oxygens (including phenoxy) is 1. The molecule has 0 unspecified atom stereocenters. The van der Waals surface area contributed by atoms with Crippen LogP contribution in [0.25, 0.3) is 0 Å². The summed E-state index contributed by atoms with van der Waals surface area (Å²) in [5.74, 6) is 1.16. The van der Waals surface area contributed by atoms with Gasteiger partial charge in [0, 0.05) is 75.3 Å². The Hall–Kier alpha value is -3.92. The monoisotopic (exact) mass is 517 g/mol. The van der Waals surface area contributed by atoms with E-state index in [-0.39, 0.29) is 18.0 Å². The summed E-state index contributed by atoms with van der Waals surface area (Å²) in [6.45, 7) is 7.47. The highest BCUT2D eigenvalue weighted by atomic mass is 16.5. The molecule has 1 fully saturated rings. The molecular weight excluding hydrogens is 482 g/mol. The van der Waals surface area contributed by atoms with Gasteiger partial charge in [0.25, 0.3) is 5.91 Å². The normalized spacial score (nSPS) is 15.1. The molecule has 0 aliphatic carbocycles. The fraction of sp³-hybridized carbons (Fsp3) is 0.429. The molecule has 2 aliphatic heterocycles. The fourth-order valence-corrected chi connectivity index (χ4v) is 4.71. The summed E-state index contributed by atoms with van der Waals surface area (Å²) in [4.78, 5) is 33.6. The zero-order valence-electron chi connectivity index (χ0n) is 22.4. The van der Waals surface area contributed by atoms with Crippen molar-refractivity contribution in [2.45, 2.75) is 45.3 Å². The maximum atomic E-state index is 13.3. The Morgan fingerprint density at radius 1 is 1.13 bits per heavy atom. The van der Waals surface area contributed by atoms with E-state index >= 15 is 0 Å². The van der Waals surface area contributed by atoms with Crippen LogP contribution in [0, 0.1) is 0 Å². The van der Waals surface area contributed by atoms with E-state index in [9.17, 15) is 9.59 Å². The number of amides is 3. The number of anilines is 2. The average Bonchev–Trinajstić information content (AvgIpc) is 3.27. The van der Waals surface area contributed by atoms with Gasteiger partial charge < -0.3 is 25.2 Å². The maximum Gasteiger partial charge on any atom is 0.321 e. The second kappa shape index (κ2) is 10.8. The standard InChI is InChI=1S/C28H35N7O3/c1-18(2)35-24-11-12-34(25-10-7-20(14-29-25)21-16-38-17-21)15-23(24)26(32-35)27(36)30-13-19-5-8-22(9-6-19)31-28(37)33(3)4/h5-10,14,18,21H,11-13,15-17H2,1-4H3,(H,30,36)(H,31,37). The van der Waals surface area contributed by atoms with Crippen LogP contribution in [0.3, 0.4) is 0 Å². The van der Waals surface area contributed by atoms with Crippen molar-refractivity contribution in [1.29, 1.82) is 0 Å². The summed E-state index contributed by atoms with van der Waals surface area (Å²) in [6, 6.07) is 11.6. The lowest BCUT2D eigenvalue weighted by atomic mass is 9.99. The molecule has 4 heterocycles. The minimum atomic E-state index is -0.194. The largest absolute Gasteiger partial charge is 0.380 e. The number of rotatable bonds is 7. The number of benzene rings is 1. The summed E-state index contributed by atoms with van der Waals surface area (Å²) >= 11 is 0. The van der Waals surface area contributed by atoms with E-state index in [1.54, 1.807) is 14.1 Å². The summed E-state index contributed by atoms with van der Waals surface area (Å²) in [5, 5.41) is 10.6. The van der Waals surface area contributed by atoms with Gasteiger partial charge in [0.2, 0.25) is 0 Å². The Balaban J connectivity index is 1.28. The highest BCUT2D eigenvalue weighted by Gasteiger charge is 2.30. The quantitative estimate of drug-likeness (QED) is 0.497. The molecular formula is C28H35N7O3. The number of hydrogen-bond acceptors (Lipinski definition) is 6. The van der Waals surface area contributed by atoms with Crippen molar-refractivity contribution < 1.29 is 14.3 Å². The third kappa shape index (κ3) is 5.35. The van der Waals surface area contributed by atoms with Crippen LogP contribution in [-0.2, 0) is 24.2 Å². The highest BCUT2D eigenvalue weighted by Crippen LogP contribution is 2.29. The number of nitrogens with one attached hydrogen (secondary N) is 2. The molecule has 3 aromatic rings. The van der Waals surface area contributed by atoms with E-state index in [0.29, 0.717) is 30.4 Å². The molecule has 10 nitrogen and oxygen atoms in total. The van der Waals surface area contributed by atoms with E-state index in [1.165, 1.54) is 10.5 Å². The average molecular weight is 518 g/mol. The first-order valence-electron chi connectivity index (χ1n) is 13.0. The minimum Gasteiger partial charge on any atom is -0.380 e. The smallest absolute Gasteiger partial charge is 0.321 e. The molecule has 200 valence electrons. The first-order valence-corrected chi connectivity index (χ1v) is 13.0. The molecule has 0 radical (unpaired) electrons. The lowest BCUT2D eigenvalue weighted by molar-refractivity contribution is 0.00829. The van der Waals surface area contributed by atoms with Crippen LogP contribution >= 0.6 is 0 Å². The van der Waals surface area contributed by atoms with Crippen LogP contribution in [-0.4, -0.2) is 65.5 Å².